The zero-order chi connectivity index (χ0) is 11.8. The monoisotopic (exact) mass is 236 g/mol. The lowest BCUT2D eigenvalue weighted by Crippen LogP contribution is -2.28. The third-order valence-corrected chi connectivity index (χ3v) is 3.04. The maximum Gasteiger partial charge on any atom is 0.0873 e. The number of hydrogen-bond donors (Lipinski definition) is 0. The van der Waals surface area contributed by atoms with Gasteiger partial charge in [-0.2, -0.15) is 0 Å². The molecule has 86 valence electrons. The Morgan fingerprint density at radius 1 is 1.25 bits per heavy atom. The minimum Gasteiger partial charge on any atom is -0.363 e. The first-order chi connectivity index (χ1) is 7.46. The Bertz CT molecular complexity index is 403. The van der Waals surface area contributed by atoms with Crippen molar-refractivity contribution in [2.75, 3.05) is 0 Å². The number of benzene rings is 1. The van der Waals surface area contributed by atoms with E-state index in [4.69, 9.17) is 16.3 Å². The first kappa shape index (κ1) is 11.7. The van der Waals surface area contributed by atoms with Crippen molar-refractivity contribution in [3.05, 3.63) is 46.5 Å². The Morgan fingerprint density at radius 2 is 1.88 bits per heavy atom. The van der Waals surface area contributed by atoms with E-state index in [1.165, 1.54) is 11.1 Å². The molecule has 1 atom stereocenters. The standard InChI is InChI=1S/C14H17ClO/c1-10-8-13(16-14(2,3)9-10)11-4-6-12(15)7-5-11/h4-7,9,13H,8H2,1-3H3. The van der Waals surface area contributed by atoms with Crippen LogP contribution in [0.3, 0.4) is 0 Å². The van der Waals surface area contributed by atoms with Crippen molar-refractivity contribution in [3.63, 3.8) is 0 Å². The van der Waals surface area contributed by atoms with E-state index in [0.717, 1.165) is 11.4 Å². The number of halogens is 1. The van der Waals surface area contributed by atoms with Crippen LogP contribution in [-0.2, 0) is 4.74 Å². The highest BCUT2D eigenvalue weighted by atomic mass is 35.5. The van der Waals surface area contributed by atoms with Gasteiger partial charge in [0.05, 0.1) is 11.7 Å². The summed E-state index contributed by atoms with van der Waals surface area (Å²) < 4.78 is 6.05. The largest absolute Gasteiger partial charge is 0.363 e. The van der Waals surface area contributed by atoms with Crippen molar-refractivity contribution >= 4 is 11.6 Å². The Hall–Kier alpha value is -0.790. The third kappa shape index (κ3) is 2.66. The van der Waals surface area contributed by atoms with Gasteiger partial charge >= 0.3 is 0 Å². The topological polar surface area (TPSA) is 9.23 Å². The Kier molecular flexibility index (Phi) is 3.09. The van der Waals surface area contributed by atoms with Gasteiger partial charge in [-0.15, -0.1) is 0 Å². The molecule has 0 saturated carbocycles. The summed E-state index contributed by atoms with van der Waals surface area (Å²) in [5.41, 5.74) is 2.41. The van der Waals surface area contributed by atoms with Crippen LogP contribution in [-0.4, -0.2) is 5.60 Å². The van der Waals surface area contributed by atoms with Gasteiger partial charge < -0.3 is 4.74 Å². The fourth-order valence-electron chi connectivity index (χ4n) is 2.25. The summed E-state index contributed by atoms with van der Waals surface area (Å²) in [6.45, 7) is 6.35. The van der Waals surface area contributed by atoms with Crippen molar-refractivity contribution < 1.29 is 4.74 Å². The summed E-state index contributed by atoms with van der Waals surface area (Å²) >= 11 is 5.88. The predicted octanol–water partition coefficient (Wildman–Crippen LogP) is 4.53. The zero-order valence-corrected chi connectivity index (χ0v) is 10.7. The average Bonchev–Trinajstić information content (AvgIpc) is 2.15. The molecule has 1 aromatic rings. The molecule has 0 N–H and O–H groups in total. The van der Waals surface area contributed by atoms with Crippen LogP contribution in [0.25, 0.3) is 0 Å². The molecule has 0 amide bonds. The van der Waals surface area contributed by atoms with Gasteiger partial charge in [-0.1, -0.05) is 35.4 Å². The Labute approximate surface area is 102 Å². The summed E-state index contributed by atoms with van der Waals surface area (Å²) in [6, 6.07) is 7.92. The van der Waals surface area contributed by atoms with Gasteiger partial charge in [0.1, 0.15) is 0 Å². The van der Waals surface area contributed by atoms with E-state index in [0.29, 0.717) is 0 Å². The van der Waals surface area contributed by atoms with Gasteiger partial charge in [0, 0.05) is 5.02 Å². The average molecular weight is 237 g/mol. The van der Waals surface area contributed by atoms with Crippen molar-refractivity contribution in [2.45, 2.75) is 38.9 Å². The molecule has 0 saturated heterocycles. The van der Waals surface area contributed by atoms with Crippen LogP contribution in [0.15, 0.2) is 35.9 Å². The highest BCUT2D eigenvalue weighted by molar-refractivity contribution is 6.30. The number of rotatable bonds is 1. The van der Waals surface area contributed by atoms with E-state index in [1.807, 2.05) is 24.3 Å². The predicted molar refractivity (Wildman–Crippen MR) is 67.7 cm³/mol. The van der Waals surface area contributed by atoms with Gasteiger partial charge in [0.2, 0.25) is 0 Å². The van der Waals surface area contributed by atoms with Gasteiger partial charge in [0.25, 0.3) is 0 Å². The van der Waals surface area contributed by atoms with Crippen LogP contribution in [0.2, 0.25) is 5.02 Å². The molecule has 0 aromatic heterocycles. The first-order valence-electron chi connectivity index (χ1n) is 5.58. The van der Waals surface area contributed by atoms with Crippen LogP contribution >= 0.6 is 11.6 Å². The van der Waals surface area contributed by atoms with E-state index in [1.54, 1.807) is 0 Å². The summed E-state index contributed by atoms with van der Waals surface area (Å²) in [6.07, 6.45) is 3.31. The highest BCUT2D eigenvalue weighted by Gasteiger charge is 2.27. The molecule has 1 aromatic carbocycles. The Morgan fingerprint density at radius 3 is 2.44 bits per heavy atom. The molecule has 0 spiro atoms. The highest BCUT2D eigenvalue weighted by Crippen LogP contribution is 2.36. The number of hydrogen-bond acceptors (Lipinski definition) is 1. The molecule has 0 bridgehead atoms. The third-order valence-electron chi connectivity index (χ3n) is 2.79. The van der Waals surface area contributed by atoms with Crippen LogP contribution in [0.1, 0.15) is 38.9 Å². The minimum absolute atomic E-state index is 0.150. The SMILES string of the molecule is CC1=CC(C)(C)OC(c2ccc(Cl)cc2)C1. The lowest BCUT2D eigenvalue weighted by atomic mass is 9.93. The van der Waals surface area contributed by atoms with E-state index in [2.05, 4.69) is 26.8 Å². The molecular formula is C14H17ClO. The zero-order valence-electron chi connectivity index (χ0n) is 9.96. The summed E-state index contributed by atoms with van der Waals surface area (Å²) in [7, 11) is 0. The van der Waals surface area contributed by atoms with Crippen LogP contribution in [0, 0.1) is 0 Å². The molecule has 1 aliphatic rings. The van der Waals surface area contributed by atoms with Crippen molar-refractivity contribution in [1.82, 2.24) is 0 Å². The quantitative estimate of drug-likeness (QED) is 0.651. The van der Waals surface area contributed by atoms with Gasteiger partial charge in [-0.3, -0.25) is 0 Å². The summed E-state index contributed by atoms with van der Waals surface area (Å²) in [4.78, 5) is 0. The van der Waals surface area contributed by atoms with Crippen LogP contribution in [0.5, 0.6) is 0 Å². The molecule has 0 radical (unpaired) electrons. The van der Waals surface area contributed by atoms with E-state index in [9.17, 15) is 0 Å². The normalized spacial score (nSPS) is 24.0. The fourth-order valence-corrected chi connectivity index (χ4v) is 2.38. The maximum atomic E-state index is 6.05. The molecule has 0 aliphatic carbocycles. The molecule has 2 heteroatoms. The van der Waals surface area contributed by atoms with Gasteiger partial charge in [-0.25, -0.2) is 0 Å². The molecule has 0 fully saturated rings. The van der Waals surface area contributed by atoms with Crippen LogP contribution in [0.4, 0.5) is 0 Å². The van der Waals surface area contributed by atoms with E-state index in [-0.39, 0.29) is 11.7 Å². The number of ether oxygens (including phenoxy) is 1. The molecule has 1 unspecified atom stereocenters. The molecule has 1 aliphatic heterocycles. The second-order valence-electron chi connectivity index (χ2n) is 4.96. The molecule has 1 nitrogen and oxygen atoms in total. The molecule has 2 rings (SSSR count). The molecule has 16 heavy (non-hydrogen) atoms. The Balaban J connectivity index is 2.24. The van der Waals surface area contributed by atoms with Crippen molar-refractivity contribution in [1.29, 1.82) is 0 Å². The maximum absolute atomic E-state index is 6.05. The van der Waals surface area contributed by atoms with E-state index < -0.39 is 0 Å². The van der Waals surface area contributed by atoms with Gasteiger partial charge in [0.15, 0.2) is 0 Å². The lowest BCUT2D eigenvalue weighted by molar-refractivity contribution is -0.0529. The first-order valence-corrected chi connectivity index (χ1v) is 5.96. The van der Waals surface area contributed by atoms with E-state index >= 15 is 0 Å². The van der Waals surface area contributed by atoms with Crippen molar-refractivity contribution in [2.24, 2.45) is 0 Å². The summed E-state index contributed by atoms with van der Waals surface area (Å²) in [5.74, 6) is 0. The van der Waals surface area contributed by atoms with Gasteiger partial charge in [-0.05, 0) is 44.9 Å². The lowest BCUT2D eigenvalue weighted by Gasteiger charge is -2.34. The van der Waals surface area contributed by atoms with Crippen LogP contribution < -0.4 is 0 Å². The van der Waals surface area contributed by atoms with Crippen molar-refractivity contribution in [3.8, 4) is 0 Å². The fraction of sp³-hybridized carbons (Fsp3) is 0.429. The smallest absolute Gasteiger partial charge is 0.0873 e. The molecule has 1 heterocycles. The second kappa shape index (κ2) is 4.23. The minimum atomic E-state index is -0.174. The second-order valence-corrected chi connectivity index (χ2v) is 5.39. The molecular weight excluding hydrogens is 220 g/mol. The summed E-state index contributed by atoms with van der Waals surface area (Å²) in [5, 5.41) is 0.770.